The van der Waals surface area contributed by atoms with Crippen LogP contribution in [-0.2, 0) is 0 Å². The van der Waals surface area contributed by atoms with E-state index in [4.69, 9.17) is 0 Å². The number of rotatable bonds is 3. The molecule has 0 N–H and O–H groups in total. The maximum Gasteiger partial charge on any atom is 0.269 e. The molecular weight excluding hydrogens is 228 g/mol. The van der Waals surface area contributed by atoms with Gasteiger partial charge in [0.2, 0.25) is 0 Å². The molecule has 2 rings (SSSR count). The van der Waals surface area contributed by atoms with Crippen LogP contribution in [0.15, 0.2) is 30.3 Å². The first kappa shape index (κ1) is 12.8. The van der Waals surface area contributed by atoms with E-state index >= 15 is 0 Å². The SMILES string of the molecule is CC(C)N1CC=C(c2ccc([N+](=O)[O-])cc2)CC1. The minimum Gasteiger partial charge on any atom is -0.297 e. The highest BCUT2D eigenvalue weighted by molar-refractivity contribution is 5.67. The van der Waals surface area contributed by atoms with Gasteiger partial charge in [-0.25, -0.2) is 0 Å². The standard InChI is InChI=1S/C14H18N2O2/c1-11(2)15-9-7-13(8-10-15)12-3-5-14(6-4-12)16(17)18/h3-7,11H,8-10H2,1-2H3. The molecule has 0 atom stereocenters. The van der Waals surface area contributed by atoms with Crippen LogP contribution >= 0.6 is 0 Å². The second-order valence-electron chi connectivity index (χ2n) is 4.87. The van der Waals surface area contributed by atoms with Gasteiger partial charge in [-0.05, 0) is 43.5 Å². The van der Waals surface area contributed by atoms with Gasteiger partial charge in [-0.2, -0.15) is 0 Å². The topological polar surface area (TPSA) is 46.4 Å². The van der Waals surface area contributed by atoms with Crippen LogP contribution in [0.5, 0.6) is 0 Å². The van der Waals surface area contributed by atoms with Gasteiger partial charge in [-0.15, -0.1) is 0 Å². The summed E-state index contributed by atoms with van der Waals surface area (Å²) in [5, 5.41) is 10.6. The Hall–Kier alpha value is -1.68. The first-order valence-corrected chi connectivity index (χ1v) is 6.26. The molecule has 18 heavy (non-hydrogen) atoms. The molecule has 0 aromatic heterocycles. The number of benzene rings is 1. The van der Waals surface area contributed by atoms with Crippen molar-refractivity contribution < 1.29 is 4.92 Å². The van der Waals surface area contributed by atoms with Crippen molar-refractivity contribution in [3.05, 3.63) is 46.0 Å². The molecule has 0 aliphatic carbocycles. The van der Waals surface area contributed by atoms with Crippen LogP contribution in [0.4, 0.5) is 5.69 Å². The van der Waals surface area contributed by atoms with Crippen LogP contribution in [0.1, 0.15) is 25.8 Å². The molecule has 1 aromatic rings. The lowest BCUT2D eigenvalue weighted by molar-refractivity contribution is -0.384. The maximum absolute atomic E-state index is 10.6. The summed E-state index contributed by atoms with van der Waals surface area (Å²) in [5.74, 6) is 0. The molecule has 0 radical (unpaired) electrons. The summed E-state index contributed by atoms with van der Waals surface area (Å²) >= 11 is 0. The Bertz CT molecular complexity index is 463. The molecule has 1 aliphatic heterocycles. The lowest BCUT2D eigenvalue weighted by Crippen LogP contribution is -2.34. The average molecular weight is 246 g/mol. The summed E-state index contributed by atoms with van der Waals surface area (Å²) in [4.78, 5) is 12.6. The predicted molar refractivity (Wildman–Crippen MR) is 72.4 cm³/mol. The first-order valence-electron chi connectivity index (χ1n) is 6.26. The van der Waals surface area contributed by atoms with Crippen LogP contribution in [0.25, 0.3) is 5.57 Å². The van der Waals surface area contributed by atoms with Crippen molar-refractivity contribution >= 4 is 11.3 Å². The van der Waals surface area contributed by atoms with Gasteiger partial charge in [-0.1, -0.05) is 6.08 Å². The van der Waals surface area contributed by atoms with Crippen LogP contribution in [0, 0.1) is 10.1 Å². The minimum atomic E-state index is -0.362. The fourth-order valence-corrected chi connectivity index (χ4v) is 2.21. The third-order valence-corrected chi connectivity index (χ3v) is 3.42. The Morgan fingerprint density at radius 3 is 2.39 bits per heavy atom. The average Bonchev–Trinajstić information content (AvgIpc) is 2.39. The van der Waals surface area contributed by atoms with E-state index in [1.807, 2.05) is 12.1 Å². The van der Waals surface area contributed by atoms with Crippen LogP contribution < -0.4 is 0 Å². The van der Waals surface area contributed by atoms with Crippen LogP contribution in [-0.4, -0.2) is 29.0 Å². The van der Waals surface area contributed by atoms with E-state index in [0.717, 1.165) is 25.1 Å². The zero-order chi connectivity index (χ0) is 13.1. The third-order valence-electron chi connectivity index (χ3n) is 3.42. The van der Waals surface area contributed by atoms with E-state index in [9.17, 15) is 10.1 Å². The zero-order valence-corrected chi connectivity index (χ0v) is 10.8. The Morgan fingerprint density at radius 1 is 1.28 bits per heavy atom. The number of hydrogen-bond acceptors (Lipinski definition) is 3. The van der Waals surface area contributed by atoms with Crippen molar-refractivity contribution in [3.8, 4) is 0 Å². The molecule has 4 nitrogen and oxygen atoms in total. The molecule has 0 bridgehead atoms. The summed E-state index contributed by atoms with van der Waals surface area (Å²) in [6.45, 7) is 6.42. The van der Waals surface area contributed by atoms with Crippen molar-refractivity contribution in [1.82, 2.24) is 4.90 Å². The molecule has 1 heterocycles. The van der Waals surface area contributed by atoms with Gasteiger partial charge in [0.25, 0.3) is 5.69 Å². The van der Waals surface area contributed by atoms with Crippen molar-refractivity contribution in [3.63, 3.8) is 0 Å². The van der Waals surface area contributed by atoms with Crippen molar-refractivity contribution in [1.29, 1.82) is 0 Å². The normalized spacial score (nSPS) is 16.7. The van der Waals surface area contributed by atoms with Crippen molar-refractivity contribution in [2.75, 3.05) is 13.1 Å². The third kappa shape index (κ3) is 2.76. The van der Waals surface area contributed by atoms with Gasteiger partial charge in [0.05, 0.1) is 4.92 Å². The molecule has 0 unspecified atom stereocenters. The molecule has 0 amide bonds. The summed E-state index contributed by atoms with van der Waals surface area (Å²) in [7, 11) is 0. The van der Waals surface area contributed by atoms with E-state index in [2.05, 4.69) is 24.8 Å². The molecule has 96 valence electrons. The number of nitro groups is 1. The van der Waals surface area contributed by atoms with Gasteiger partial charge in [-0.3, -0.25) is 15.0 Å². The number of nitro benzene ring substituents is 1. The summed E-state index contributed by atoms with van der Waals surface area (Å²) in [6.07, 6.45) is 3.24. The highest BCUT2D eigenvalue weighted by Crippen LogP contribution is 2.24. The quantitative estimate of drug-likeness (QED) is 0.608. The maximum atomic E-state index is 10.6. The second-order valence-corrected chi connectivity index (χ2v) is 4.87. The fourth-order valence-electron chi connectivity index (χ4n) is 2.21. The number of non-ortho nitro benzene ring substituents is 1. The first-order chi connectivity index (χ1) is 8.58. The Kier molecular flexibility index (Phi) is 3.77. The minimum absolute atomic E-state index is 0.152. The largest absolute Gasteiger partial charge is 0.297 e. The fraction of sp³-hybridized carbons (Fsp3) is 0.429. The molecular formula is C14H18N2O2. The van der Waals surface area contributed by atoms with Crippen LogP contribution in [0.2, 0.25) is 0 Å². The molecule has 1 aliphatic rings. The molecule has 4 heteroatoms. The Morgan fingerprint density at radius 2 is 1.94 bits per heavy atom. The molecule has 0 spiro atoms. The molecule has 0 saturated heterocycles. The number of nitrogens with zero attached hydrogens (tertiary/aromatic N) is 2. The van der Waals surface area contributed by atoms with Gasteiger partial charge in [0.15, 0.2) is 0 Å². The van der Waals surface area contributed by atoms with Gasteiger partial charge in [0.1, 0.15) is 0 Å². The Labute approximate surface area is 107 Å². The summed E-state index contributed by atoms with van der Waals surface area (Å²) in [5.41, 5.74) is 2.55. The van der Waals surface area contributed by atoms with E-state index in [1.165, 1.54) is 5.57 Å². The van der Waals surface area contributed by atoms with Gasteiger partial charge >= 0.3 is 0 Å². The predicted octanol–water partition coefficient (Wildman–Crippen LogP) is 3.09. The second kappa shape index (κ2) is 5.31. The molecule has 0 fully saturated rings. The summed E-state index contributed by atoms with van der Waals surface area (Å²) in [6, 6.07) is 7.40. The van der Waals surface area contributed by atoms with E-state index in [-0.39, 0.29) is 10.6 Å². The Balaban J connectivity index is 2.11. The van der Waals surface area contributed by atoms with E-state index < -0.39 is 0 Å². The van der Waals surface area contributed by atoms with Crippen LogP contribution in [0.3, 0.4) is 0 Å². The van der Waals surface area contributed by atoms with Gasteiger partial charge < -0.3 is 0 Å². The summed E-state index contributed by atoms with van der Waals surface area (Å²) < 4.78 is 0. The van der Waals surface area contributed by atoms with E-state index in [1.54, 1.807) is 12.1 Å². The van der Waals surface area contributed by atoms with Crippen molar-refractivity contribution in [2.45, 2.75) is 26.3 Å². The zero-order valence-electron chi connectivity index (χ0n) is 10.8. The lowest BCUT2D eigenvalue weighted by Gasteiger charge is -2.29. The van der Waals surface area contributed by atoms with Crippen molar-refractivity contribution in [2.24, 2.45) is 0 Å². The van der Waals surface area contributed by atoms with Gasteiger partial charge in [0, 0.05) is 31.3 Å². The highest BCUT2D eigenvalue weighted by Gasteiger charge is 2.15. The molecule has 1 aromatic carbocycles. The molecule has 0 saturated carbocycles. The monoisotopic (exact) mass is 246 g/mol. The van der Waals surface area contributed by atoms with E-state index in [0.29, 0.717) is 6.04 Å². The number of hydrogen-bond donors (Lipinski definition) is 0. The lowest BCUT2D eigenvalue weighted by atomic mass is 9.99. The highest BCUT2D eigenvalue weighted by atomic mass is 16.6. The smallest absolute Gasteiger partial charge is 0.269 e.